The molecule has 104 valence electrons. The van der Waals surface area contributed by atoms with E-state index in [1.807, 2.05) is 29.2 Å². The van der Waals surface area contributed by atoms with Crippen molar-refractivity contribution in [3.8, 4) is 0 Å². The third kappa shape index (κ3) is 3.49. The lowest BCUT2D eigenvalue weighted by Crippen LogP contribution is -2.42. The molecule has 1 saturated heterocycles. The van der Waals surface area contributed by atoms with Crippen molar-refractivity contribution in [2.24, 2.45) is 11.8 Å². The molecule has 0 spiro atoms. The van der Waals surface area contributed by atoms with Crippen LogP contribution in [0.4, 0.5) is 5.69 Å². The van der Waals surface area contributed by atoms with Crippen LogP contribution in [0.15, 0.2) is 24.3 Å². The summed E-state index contributed by atoms with van der Waals surface area (Å²) in [6.45, 7) is 9.19. The van der Waals surface area contributed by atoms with E-state index in [1.54, 1.807) is 0 Å². The zero-order chi connectivity index (χ0) is 13.8. The van der Waals surface area contributed by atoms with Crippen molar-refractivity contribution < 1.29 is 4.79 Å². The van der Waals surface area contributed by atoms with E-state index in [4.69, 9.17) is 0 Å². The number of amides is 1. The first-order valence-corrected chi connectivity index (χ1v) is 7.23. The van der Waals surface area contributed by atoms with Gasteiger partial charge in [-0.2, -0.15) is 0 Å². The maximum absolute atomic E-state index is 12.5. The van der Waals surface area contributed by atoms with E-state index >= 15 is 0 Å². The molecule has 0 aliphatic carbocycles. The summed E-state index contributed by atoms with van der Waals surface area (Å²) in [5, 5.41) is 3.24. The van der Waals surface area contributed by atoms with Gasteiger partial charge in [0.1, 0.15) is 0 Å². The van der Waals surface area contributed by atoms with E-state index in [0.29, 0.717) is 11.8 Å². The van der Waals surface area contributed by atoms with Gasteiger partial charge in [0.25, 0.3) is 5.91 Å². The number of carbonyl (C=O) groups excluding carboxylic acids is 1. The van der Waals surface area contributed by atoms with Crippen LogP contribution in [0, 0.1) is 11.8 Å². The van der Waals surface area contributed by atoms with Crippen LogP contribution in [0.5, 0.6) is 0 Å². The van der Waals surface area contributed by atoms with Gasteiger partial charge in [0.05, 0.1) is 0 Å². The third-order valence-electron chi connectivity index (χ3n) is 3.67. The Bertz CT molecular complexity index is 417. The van der Waals surface area contributed by atoms with Gasteiger partial charge < -0.3 is 10.2 Å². The quantitative estimate of drug-likeness (QED) is 0.905. The lowest BCUT2D eigenvalue weighted by molar-refractivity contribution is 0.0623. The SMILES string of the molecule is CCNc1ccc(C(=O)N2CC(C)CC(C)C2)cc1. The number of carbonyl (C=O) groups is 1. The molecule has 1 aromatic carbocycles. The van der Waals surface area contributed by atoms with Crippen molar-refractivity contribution in [2.45, 2.75) is 27.2 Å². The van der Waals surface area contributed by atoms with Crippen LogP contribution in [0.25, 0.3) is 0 Å². The fraction of sp³-hybridized carbons (Fsp3) is 0.562. The summed E-state index contributed by atoms with van der Waals surface area (Å²) in [4.78, 5) is 14.5. The summed E-state index contributed by atoms with van der Waals surface area (Å²) >= 11 is 0. The van der Waals surface area contributed by atoms with E-state index in [9.17, 15) is 4.79 Å². The molecule has 1 amide bonds. The smallest absolute Gasteiger partial charge is 0.253 e. The number of hydrogen-bond acceptors (Lipinski definition) is 2. The molecule has 2 atom stereocenters. The molecule has 0 radical (unpaired) electrons. The lowest BCUT2D eigenvalue weighted by atomic mass is 9.91. The first-order valence-electron chi connectivity index (χ1n) is 7.23. The van der Waals surface area contributed by atoms with Gasteiger partial charge in [0.15, 0.2) is 0 Å². The van der Waals surface area contributed by atoms with Gasteiger partial charge in [-0.25, -0.2) is 0 Å². The van der Waals surface area contributed by atoms with Gasteiger partial charge in [-0.1, -0.05) is 13.8 Å². The second kappa shape index (κ2) is 6.09. The monoisotopic (exact) mass is 260 g/mol. The zero-order valence-electron chi connectivity index (χ0n) is 12.1. The molecule has 2 unspecified atom stereocenters. The van der Waals surface area contributed by atoms with Crippen molar-refractivity contribution in [1.82, 2.24) is 4.90 Å². The average Bonchev–Trinajstić information content (AvgIpc) is 2.38. The van der Waals surface area contributed by atoms with Crippen LogP contribution in [-0.4, -0.2) is 30.4 Å². The highest BCUT2D eigenvalue weighted by Crippen LogP contribution is 2.22. The summed E-state index contributed by atoms with van der Waals surface area (Å²) in [5.41, 5.74) is 1.86. The summed E-state index contributed by atoms with van der Waals surface area (Å²) in [6, 6.07) is 7.80. The number of nitrogens with one attached hydrogen (secondary N) is 1. The number of piperidine rings is 1. The molecule has 1 fully saturated rings. The first kappa shape index (κ1) is 13.9. The second-order valence-corrected chi connectivity index (χ2v) is 5.76. The van der Waals surface area contributed by atoms with Gasteiger partial charge in [0.2, 0.25) is 0 Å². The van der Waals surface area contributed by atoms with E-state index < -0.39 is 0 Å². The molecule has 0 aromatic heterocycles. The molecule has 1 aliphatic rings. The highest BCUT2D eigenvalue weighted by Gasteiger charge is 2.25. The predicted molar refractivity (Wildman–Crippen MR) is 79.5 cm³/mol. The molecule has 0 bridgehead atoms. The maximum Gasteiger partial charge on any atom is 0.253 e. The van der Waals surface area contributed by atoms with Gasteiger partial charge in [-0.05, 0) is 49.4 Å². The number of nitrogens with zero attached hydrogens (tertiary/aromatic N) is 1. The standard InChI is InChI=1S/C16H24N2O/c1-4-17-15-7-5-14(6-8-15)16(19)18-10-12(2)9-13(3)11-18/h5-8,12-13,17H,4,9-11H2,1-3H3. The minimum absolute atomic E-state index is 0.168. The van der Waals surface area contributed by atoms with Crippen molar-refractivity contribution in [2.75, 3.05) is 25.0 Å². The topological polar surface area (TPSA) is 32.3 Å². The predicted octanol–water partition coefficient (Wildman–Crippen LogP) is 3.24. The molecule has 19 heavy (non-hydrogen) atoms. The summed E-state index contributed by atoms with van der Waals surface area (Å²) in [7, 11) is 0. The fourth-order valence-electron chi connectivity index (χ4n) is 2.95. The summed E-state index contributed by atoms with van der Waals surface area (Å²) < 4.78 is 0. The maximum atomic E-state index is 12.5. The minimum atomic E-state index is 0.168. The van der Waals surface area contributed by atoms with Crippen LogP contribution >= 0.6 is 0 Å². The Morgan fingerprint density at radius 1 is 1.21 bits per heavy atom. The Kier molecular flexibility index (Phi) is 4.46. The molecule has 1 aliphatic heterocycles. The molecule has 0 saturated carbocycles. The number of hydrogen-bond donors (Lipinski definition) is 1. The zero-order valence-corrected chi connectivity index (χ0v) is 12.1. The van der Waals surface area contributed by atoms with Gasteiger partial charge in [0, 0.05) is 30.9 Å². The molecule has 1 aromatic rings. The van der Waals surface area contributed by atoms with Crippen LogP contribution in [0.2, 0.25) is 0 Å². The number of benzene rings is 1. The van der Waals surface area contributed by atoms with Crippen molar-refractivity contribution in [3.05, 3.63) is 29.8 Å². The van der Waals surface area contributed by atoms with Crippen LogP contribution < -0.4 is 5.32 Å². The third-order valence-corrected chi connectivity index (χ3v) is 3.67. The first-order chi connectivity index (χ1) is 9.10. The van der Waals surface area contributed by atoms with E-state index in [-0.39, 0.29) is 5.91 Å². The Morgan fingerprint density at radius 3 is 2.32 bits per heavy atom. The Labute approximate surface area is 116 Å². The number of rotatable bonds is 3. The van der Waals surface area contributed by atoms with Crippen LogP contribution in [0.1, 0.15) is 37.6 Å². The summed E-state index contributed by atoms with van der Waals surface area (Å²) in [5.74, 6) is 1.38. The minimum Gasteiger partial charge on any atom is -0.385 e. The lowest BCUT2D eigenvalue weighted by Gasteiger charge is -2.35. The average molecular weight is 260 g/mol. The number of anilines is 1. The Hall–Kier alpha value is -1.51. The second-order valence-electron chi connectivity index (χ2n) is 5.76. The van der Waals surface area contributed by atoms with E-state index in [2.05, 4.69) is 26.1 Å². The van der Waals surface area contributed by atoms with Gasteiger partial charge >= 0.3 is 0 Å². The molecule has 2 rings (SSSR count). The molecular weight excluding hydrogens is 236 g/mol. The number of likely N-dealkylation sites (tertiary alicyclic amines) is 1. The highest BCUT2D eigenvalue weighted by molar-refractivity contribution is 5.94. The molecule has 3 nitrogen and oxygen atoms in total. The Morgan fingerprint density at radius 2 is 1.79 bits per heavy atom. The summed E-state index contributed by atoms with van der Waals surface area (Å²) in [6.07, 6.45) is 1.23. The highest BCUT2D eigenvalue weighted by atomic mass is 16.2. The molecule has 1 heterocycles. The van der Waals surface area contributed by atoms with E-state index in [1.165, 1.54) is 6.42 Å². The molecule has 3 heteroatoms. The van der Waals surface area contributed by atoms with Crippen LogP contribution in [0.3, 0.4) is 0 Å². The van der Waals surface area contributed by atoms with Gasteiger partial charge in [-0.15, -0.1) is 0 Å². The van der Waals surface area contributed by atoms with Crippen molar-refractivity contribution in [3.63, 3.8) is 0 Å². The fourth-order valence-corrected chi connectivity index (χ4v) is 2.95. The van der Waals surface area contributed by atoms with Crippen LogP contribution in [-0.2, 0) is 0 Å². The van der Waals surface area contributed by atoms with E-state index in [0.717, 1.165) is 30.9 Å². The van der Waals surface area contributed by atoms with Crippen molar-refractivity contribution in [1.29, 1.82) is 0 Å². The molecular formula is C16H24N2O. The van der Waals surface area contributed by atoms with Crippen molar-refractivity contribution >= 4 is 11.6 Å². The molecule has 1 N–H and O–H groups in total. The van der Waals surface area contributed by atoms with Gasteiger partial charge in [-0.3, -0.25) is 4.79 Å². The largest absolute Gasteiger partial charge is 0.385 e. The Balaban J connectivity index is 2.06. The normalized spacial score (nSPS) is 23.2.